The van der Waals surface area contributed by atoms with E-state index in [0.29, 0.717) is 0 Å². The normalized spacial score (nSPS) is 11.8. The van der Waals surface area contributed by atoms with Gasteiger partial charge in [0.1, 0.15) is 17.3 Å². The van der Waals surface area contributed by atoms with Crippen LogP contribution in [-0.2, 0) is 10.0 Å². The molecule has 0 aliphatic heterocycles. The lowest BCUT2D eigenvalue weighted by Crippen LogP contribution is -2.33. The Morgan fingerprint density at radius 2 is 1.56 bits per heavy atom. The molecule has 0 aliphatic carbocycles. The number of rotatable bonds is 5. The standard InChI is InChI=1S/C17H18F2N2O3S/c1-11(2)21(3)25(23,24)13-9-7-12(8-10-13)17(22)20-16-14(18)5-4-6-15(16)19/h4-11H,1-3H3,(H,20,22). The second-order valence-electron chi connectivity index (χ2n) is 5.69. The summed E-state index contributed by atoms with van der Waals surface area (Å²) in [6, 6.07) is 8.14. The van der Waals surface area contributed by atoms with E-state index in [9.17, 15) is 22.0 Å². The number of benzene rings is 2. The summed E-state index contributed by atoms with van der Waals surface area (Å²) in [5.74, 6) is -2.54. The number of para-hydroxylation sites is 1. The monoisotopic (exact) mass is 368 g/mol. The van der Waals surface area contributed by atoms with Crippen LogP contribution in [0.3, 0.4) is 0 Å². The fourth-order valence-corrected chi connectivity index (χ4v) is 3.39. The minimum Gasteiger partial charge on any atom is -0.317 e. The molecular formula is C17H18F2N2O3S. The average molecular weight is 368 g/mol. The van der Waals surface area contributed by atoms with Gasteiger partial charge < -0.3 is 5.32 Å². The van der Waals surface area contributed by atoms with Gasteiger partial charge in [-0.3, -0.25) is 4.79 Å². The number of amides is 1. The van der Waals surface area contributed by atoms with Crippen molar-refractivity contribution in [2.45, 2.75) is 24.8 Å². The summed E-state index contributed by atoms with van der Waals surface area (Å²) in [6.45, 7) is 3.48. The van der Waals surface area contributed by atoms with E-state index in [0.717, 1.165) is 12.1 Å². The highest BCUT2D eigenvalue weighted by Gasteiger charge is 2.23. The van der Waals surface area contributed by atoms with Gasteiger partial charge in [0.15, 0.2) is 0 Å². The summed E-state index contributed by atoms with van der Waals surface area (Å²) < 4.78 is 53.1. The van der Waals surface area contributed by atoms with Gasteiger partial charge in [-0.2, -0.15) is 4.31 Å². The van der Waals surface area contributed by atoms with Crippen molar-refractivity contribution in [3.8, 4) is 0 Å². The number of nitrogens with one attached hydrogen (secondary N) is 1. The van der Waals surface area contributed by atoms with Crippen molar-refractivity contribution in [2.24, 2.45) is 0 Å². The molecule has 0 saturated carbocycles. The fourth-order valence-electron chi connectivity index (χ4n) is 2.03. The largest absolute Gasteiger partial charge is 0.317 e. The molecular weight excluding hydrogens is 350 g/mol. The number of hydrogen-bond donors (Lipinski definition) is 1. The van der Waals surface area contributed by atoms with E-state index in [2.05, 4.69) is 5.32 Å². The predicted octanol–water partition coefficient (Wildman–Crippen LogP) is 3.25. The second kappa shape index (κ2) is 7.28. The van der Waals surface area contributed by atoms with Crippen molar-refractivity contribution >= 4 is 21.6 Å². The number of nitrogens with zero attached hydrogens (tertiary/aromatic N) is 1. The smallest absolute Gasteiger partial charge is 0.255 e. The van der Waals surface area contributed by atoms with Gasteiger partial charge in [-0.1, -0.05) is 6.07 Å². The van der Waals surface area contributed by atoms with Gasteiger partial charge in [-0.05, 0) is 50.2 Å². The third-order valence-electron chi connectivity index (χ3n) is 3.72. The van der Waals surface area contributed by atoms with Crippen molar-refractivity contribution in [1.82, 2.24) is 4.31 Å². The zero-order valence-electron chi connectivity index (χ0n) is 14.0. The van der Waals surface area contributed by atoms with Crippen LogP contribution in [0.15, 0.2) is 47.4 Å². The Balaban J connectivity index is 2.24. The number of sulfonamides is 1. The zero-order valence-corrected chi connectivity index (χ0v) is 14.8. The number of carbonyl (C=O) groups excluding carboxylic acids is 1. The van der Waals surface area contributed by atoms with Gasteiger partial charge in [0.2, 0.25) is 10.0 Å². The Bertz CT molecular complexity index is 861. The summed E-state index contributed by atoms with van der Waals surface area (Å²) >= 11 is 0. The Kier molecular flexibility index (Phi) is 5.54. The molecule has 2 aromatic carbocycles. The van der Waals surface area contributed by atoms with Crippen LogP contribution in [0.4, 0.5) is 14.5 Å². The molecule has 1 N–H and O–H groups in total. The van der Waals surface area contributed by atoms with Crippen molar-refractivity contribution in [3.05, 3.63) is 59.7 Å². The summed E-state index contributed by atoms with van der Waals surface area (Å²) in [5.41, 5.74) is -0.474. The fraction of sp³-hybridized carbons (Fsp3) is 0.235. The highest BCUT2D eigenvalue weighted by Crippen LogP contribution is 2.20. The van der Waals surface area contributed by atoms with Gasteiger partial charge in [0.25, 0.3) is 5.91 Å². The first-order valence-corrected chi connectivity index (χ1v) is 8.92. The molecule has 8 heteroatoms. The van der Waals surface area contributed by atoms with Crippen LogP contribution >= 0.6 is 0 Å². The summed E-state index contributed by atoms with van der Waals surface area (Å²) in [5, 5.41) is 2.15. The molecule has 25 heavy (non-hydrogen) atoms. The molecule has 0 spiro atoms. The van der Waals surface area contributed by atoms with Gasteiger partial charge in [-0.25, -0.2) is 17.2 Å². The van der Waals surface area contributed by atoms with Crippen LogP contribution in [0.1, 0.15) is 24.2 Å². The molecule has 0 radical (unpaired) electrons. The summed E-state index contributed by atoms with van der Waals surface area (Å²) in [7, 11) is -2.21. The molecule has 134 valence electrons. The Labute approximate surface area is 145 Å². The number of anilines is 1. The molecule has 0 fully saturated rings. The van der Waals surface area contributed by atoms with Gasteiger partial charge in [0, 0.05) is 18.7 Å². The van der Waals surface area contributed by atoms with Crippen LogP contribution < -0.4 is 5.32 Å². The van der Waals surface area contributed by atoms with Crippen LogP contribution in [0.25, 0.3) is 0 Å². The molecule has 0 saturated heterocycles. The third kappa shape index (κ3) is 4.02. The highest BCUT2D eigenvalue weighted by atomic mass is 32.2. The predicted molar refractivity (Wildman–Crippen MR) is 90.8 cm³/mol. The van der Waals surface area contributed by atoms with E-state index < -0.39 is 33.3 Å². The maximum Gasteiger partial charge on any atom is 0.255 e. The molecule has 0 aromatic heterocycles. The van der Waals surface area contributed by atoms with Gasteiger partial charge in [0.05, 0.1) is 4.90 Å². The number of carbonyl (C=O) groups is 1. The van der Waals surface area contributed by atoms with Crippen LogP contribution in [-0.4, -0.2) is 31.7 Å². The third-order valence-corrected chi connectivity index (χ3v) is 5.77. The minimum absolute atomic E-state index is 0.0253. The van der Waals surface area contributed by atoms with E-state index in [-0.39, 0.29) is 16.5 Å². The minimum atomic E-state index is -3.67. The average Bonchev–Trinajstić information content (AvgIpc) is 2.57. The first kappa shape index (κ1) is 19.0. The van der Waals surface area contributed by atoms with Crippen molar-refractivity contribution in [1.29, 1.82) is 0 Å². The lowest BCUT2D eigenvalue weighted by Gasteiger charge is -2.21. The lowest BCUT2D eigenvalue weighted by atomic mass is 10.2. The molecule has 0 unspecified atom stereocenters. The Morgan fingerprint density at radius 3 is 2.04 bits per heavy atom. The van der Waals surface area contributed by atoms with Gasteiger partial charge in [-0.15, -0.1) is 0 Å². The molecule has 2 aromatic rings. The molecule has 0 atom stereocenters. The van der Waals surface area contributed by atoms with Crippen molar-refractivity contribution in [3.63, 3.8) is 0 Å². The molecule has 5 nitrogen and oxygen atoms in total. The van der Waals surface area contributed by atoms with Crippen LogP contribution in [0.2, 0.25) is 0 Å². The van der Waals surface area contributed by atoms with Crippen LogP contribution in [0, 0.1) is 11.6 Å². The van der Waals surface area contributed by atoms with Crippen LogP contribution in [0.5, 0.6) is 0 Å². The van der Waals surface area contributed by atoms with Gasteiger partial charge >= 0.3 is 0 Å². The topological polar surface area (TPSA) is 66.5 Å². The van der Waals surface area contributed by atoms with Crippen molar-refractivity contribution < 1.29 is 22.0 Å². The second-order valence-corrected chi connectivity index (χ2v) is 7.69. The van der Waals surface area contributed by atoms with E-state index in [1.807, 2.05) is 0 Å². The SMILES string of the molecule is CC(C)N(C)S(=O)(=O)c1ccc(C(=O)Nc2c(F)cccc2F)cc1. The van der Waals surface area contributed by atoms with Crippen molar-refractivity contribution in [2.75, 3.05) is 12.4 Å². The lowest BCUT2D eigenvalue weighted by molar-refractivity contribution is 0.102. The first-order chi connectivity index (χ1) is 11.6. The molecule has 0 heterocycles. The zero-order chi connectivity index (χ0) is 18.8. The molecule has 0 aliphatic rings. The summed E-state index contributed by atoms with van der Waals surface area (Å²) in [6.07, 6.45) is 0. The van der Waals surface area contributed by atoms with E-state index >= 15 is 0 Å². The summed E-state index contributed by atoms with van der Waals surface area (Å²) in [4.78, 5) is 12.1. The first-order valence-electron chi connectivity index (χ1n) is 7.48. The Hall–Kier alpha value is -2.32. The Morgan fingerprint density at radius 1 is 1.04 bits per heavy atom. The molecule has 2 rings (SSSR count). The maximum absolute atomic E-state index is 13.6. The molecule has 1 amide bonds. The number of hydrogen-bond acceptors (Lipinski definition) is 3. The quantitative estimate of drug-likeness (QED) is 0.881. The highest BCUT2D eigenvalue weighted by molar-refractivity contribution is 7.89. The van der Waals surface area contributed by atoms with E-state index in [1.54, 1.807) is 13.8 Å². The number of halogens is 2. The maximum atomic E-state index is 13.6. The van der Waals surface area contributed by atoms with E-state index in [4.69, 9.17) is 0 Å². The van der Waals surface area contributed by atoms with E-state index in [1.165, 1.54) is 41.7 Å². The molecule has 0 bridgehead atoms.